The van der Waals surface area contributed by atoms with Crippen LogP contribution in [-0.4, -0.2) is 46.4 Å². The topological polar surface area (TPSA) is 113 Å². The van der Waals surface area contributed by atoms with Gasteiger partial charge in [0.2, 0.25) is 5.91 Å². The van der Waals surface area contributed by atoms with Gasteiger partial charge in [0.05, 0.1) is 53.4 Å². The van der Waals surface area contributed by atoms with Crippen LogP contribution in [0.3, 0.4) is 0 Å². The van der Waals surface area contributed by atoms with Crippen molar-refractivity contribution in [2.75, 3.05) is 5.32 Å². The zero-order chi connectivity index (χ0) is 32.9. The van der Waals surface area contributed by atoms with E-state index >= 15 is 8.78 Å². The molecule has 0 saturated heterocycles. The van der Waals surface area contributed by atoms with Crippen LogP contribution < -0.4 is 10.9 Å². The summed E-state index contributed by atoms with van der Waals surface area (Å²) in [5.74, 6) is -2.26. The van der Waals surface area contributed by atoms with Crippen LogP contribution in [0.5, 0.6) is 0 Å². The quantitative estimate of drug-likeness (QED) is 0.238. The van der Waals surface area contributed by atoms with E-state index in [4.69, 9.17) is 11.6 Å². The molecule has 0 saturated carbocycles. The molecule has 46 heavy (non-hydrogen) atoms. The van der Waals surface area contributed by atoms with Crippen LogP contribution in [0.4, 0.5) is 27.6 Å². The molecule has 0 fully saturated rings. The zero-order valence-electron chi connectivity index (χ0n) is 24.1. The summed E-state index contributed by atoms with van der Waals surface area (Å²) in [6.45, 7) is 1.45. The molecule has 3 atom stereocenters. The maximum atomic E-state index is 15.4. The van der Waals surface area contributed by atoms with E-state index < -0.39 is 47.3 Å². The molecule has 16 heteroatoms. The summed E-state index contributed by atoms with van der Waals surface area (Å²) in [7, 11) is 1.61. The number of nitrogens with one attached hydrogen (secondary N) is 1. The summed E-state index contributed by atoms with van der Waals surface area (Å²) in [4.78, 5) is 31.0. The van der Waals surface area contributed by atoms with Crippen LogP contribution in [0, 0.1) is 11.7 Å². The smallest absolute Gasteiger partial charge is 0.323 e. The molecule has 0 aliphatic carbocycles. The number of hydrogen-bond donors (Lipinski definition) is 1. The number of alkyl halides is 4. The van der Waals surface area contributed by atoms with Crippen LogP contribution in [0.2, 0.25) is 5.02 Å². The van der Waals surface area contributed by atoms with Gasteiger partial charge in [-0.3, -0.25) is 18.8 Å². The minimum Gasteiger partial charge on any atom is -0.323 e. The highest BCUT2D eigenvalue weighted by Gasteiger charge is 2.35. The largest absolute Gasteiger partial charge is 0.436 e. The number of halogens is 6. The highest BCUT2D eigenvalue weighted by atomic mass is 35.5. The van der Waals surface area contributed by atoms with Gasteiger partial charge in [-0.2, -0.15) is 18.3 Å². The number of rotatable bonds is 3. The van der Waals surface area contributed by atoms with Gasteiger partial charge in [0.1, 0.15) is 12.0 Å². The van der Waals surface area contributed by atoms with Gasteiger partial charge in [-0.05, 0) is 54.8 Å². The molecule has 1 N–H and O–H groups in total. The predicted molar refractivity (Wildman–Crippen MR) is 158 cm³/mol. The first-order chi connectivity index (χ1) is 21.8. The number of aromatic nitrogens is 7. The van der Waals surface area contributed by atoms with Gasteiger partial charge in [-0.15, -0.1) is 5.10 Å². The first kappa shape index (κ1) is 31.1. The molecule has 1 aliphatic heterocycles. The average molecular weight is 659 g/mol. The summed E-state index contributed by atoms with van der Waals surface area (Å²) in [6, 6.07) is 8.64. The number of nitrogens with zero attached hydrogens (tertiary/aromatic N) is 7. The minimum atomic E-state index is -4.73. The number of aryl methyl sites for hydroxylation is 1. The molecule has 1 aliphatic rings. The molecule has 0 radical (unpaired) electrons. The lowest BCUT2D eigenvalue weighted by atomic mass is 9.93. The molecule has 10 nitrogen and oxygen atoms in total. The van der Waals surface area contributed by atoms with Gasteiger partial charge in [0.25, 0.3) is 5.56 Å². The standard InChI is InChI=1S/C30H24ClF5N8O2/c1-15-21(33)4-6-24(16-7-17(9-19(32)8-16)28-23(39-29(15)46)12-38-42(28)2)43-14-37-22(11-27(43)45)20-10-18(31)3-5-25(20)44-13-26(40-41-44)30(34,35)36/h3,5,7-15,21,24H,4,6H2,1-2H3,(H,39,46)/t15-,21?,24+/m1/s1. The lowest BCUT2D eigenvalue weighted by Crippen LogP contribution is -2.30. The number of benzene rings is 2. The molecule has 6 rings (SSSR count). The molecular formula is C30H24ClF5N8O2. The van der Waals surface area contributed by atoms with E-state index in [1.807, 2.05) is 0 Å². The average Bonchev–Trinajstić information content (AvgIpc) is 3.64. The highest BCUT2D eigenvalue weighted by Crippen LogP contribution is 2.35. The number of fused-ring (bicyclic) bond motifs is 4. The third-order valence-corrected chi connectivity index (χ3v) is 8.12. The van der Waals surface area contributed by atoms with E-state index in [1.165, 1.54) is 59.0 Å². The third kappa shape index (κ3) is 5.89. The van der Waals surface area contributed by atoms with Crippen molar-refractivity contribution in [2.45, 2.75) is 38.2 Å². The van der Waals surface area contributed by atoms with Gasteiger partial charge in [0, 0.05) is 29.3 Å². The van der Waals surface area contributed by atoms with Crippen molar-refractivity contribution in [2.24, 2.45) is 13.0 Å². The monoisotopic (exact) mass is 658 g/mol. The third-order valence-electron chi connectivity index (χ3n) is 7.88. The Balaban J connectivity index is 1.46. The minimum absolute atomic E-state index is 0.00243. The number of amides is 1. The molecule has 238 valence electrons. The molecule has 3 aromatic heterocycles. The van der Waals surface area contributed by atoms with E-state index in [1.54, 1.807) is 13.1 Å². The number of anilines is 1. The van der Waals surface area contributed by atoms with Crippen molar-refractivity contribution in [3.8, 4) is 28.2 Å². The van der Waals surface area contributed by atoms with Crippen molar-refractivity contribution < 1.29 is 26.7 Å². The van der Waals surface area contributed by atoms with E-state index in [-0.39, 0.29) is 40.5 Å². The van der Waals surface area contributed by atoms with Crippen LogP contribution >= 0.6 is 11.6 Å². The Kier molecular flexibility index (Phi) is 7.96. The van der Waals surface area contributed by atoms with Gasteiger partial charge < -0.3 is 5.32 Å². The molecular weight excluding hydrogens is 635 g/mol. The van der Waals surface area contributed by atoms with Crippen LogP contribution in [0.1, 0.15) is 37.1 Å². The fourth-order valence-corrected chi connectivity index (χ4v) is 5.65. The van der Waals surface area contributed by atoms with Crippen molar-refractivity contribution in [1.82, 2.24) is 34.3 Å². The fraction of sp³-hybridized carbons (Fsp3) is 0.267. The molecule has 0 spiro atoms. The molecule has 2 aromatic carbocycles. The second-order valence-corrected chi connectivity index (χ2v) is 11.4. The Labute approximate surface area is 262 Å². The number of carbonyl (C=O) groups is 1. The van der Waals surface area contributed by atoms with E-state index in [2.05, 4.69) is 25.7 Å². The summed E-state index contributed by atoms with van der Waals surface area (Å²) >= 11 is 6.20. The SMILES string of the molecule is C[C@H]1C(=O)Nc2cnn(C)c2-c2cc(F)cc(c2)[C@@H](n2cnc(-c3cc(Cl)ccc3-n3cc(C(F)(F)F)nn3)cc2=O)CCC1F. The summed E-state index contributed by atoms with van der Waals surface area (Å²) in [6.07, 6.45) is -3.19. The predicted octanol–water partition coefficient (Wildman–Crippen LogP) is 6.00. The Morgan fingerprint density at radius 3 is 2.57 bits per heavy atom. The van der Waals surface area contributed by atoms with Crippen molar-refractivity contribution in [1.29, 1.82) is 0 Å². The van der Waals surface area contributed by atoms with Gasteiger partial charge >= 0.3 is 6.18 Å². The molecule has 4 heterocycles. The summed E-state index contributed by atoms with van der Waals surface area (Å²) in [5, 5.41) is 13.8. The Bertz CT molecular complexity index is 2020. The Hall–Kier alpha value is -4.92. The Morgan fingerprint density at radius 2 is 1.85 bits per heavy atom. The molecule has 1 unspecified atom stereocenters. The first-order valence-electron chi connectivity index (χ1n) is 14.0. The Morgan fingerprint density at radius 1 is 1.07 bits per heavy atom. The lowest BCUT2D eigenvalue weighted by molar-refractivity contribution is -0.141. The zero-order valence-corrected chi connectivity index (χ0v) is 24.9. The fourth-order valence-electron chi connectivity index (χ4n) is 5.47. The molecule has 2 bridgehead atoms. The van der Waals surface area contributed by atoms with E-state index in [9.17, 15) is 22.8 Å². The second kappa shape index (κ2) is 11.8. The van der Waals surface area contributed by atoms with Crippen molar-refractivity contribution in [3.63, 3.8) is 0 Å². The second-order valence-electron chi connectivity index (χ2n) is 10.9. The van der Waals surface area contributed by atoms with Gasteiger partial charge in [0.15, 0.2) is 5.69 Å². The van der Waals surface area contributed by atoms with Crippen LogP contribution in [0.25, 0.3) is 28.2 Å². The normalized spacial score (nSPS) is 18.8. The maximum Gasteiger partial charge on any atom is 0.436 e. The lowest BCUT2D eigenvalue weighted by Gasteiger charge is -2.24. The van der Waals surface area contributed by atoms with Crippen molar-refractivity contribution >= 4 is 23.2 Å². The number of hydrogen-bond acceptors (Lipinski definition) is 6. The summed E-state index contributed by atoms with van der Waals surface area (Å²) < 4.78 is 73.7. The highest BCUT2D eigenvalue weighted by molar-refractivity contribution is 6.31. The first-order valence-corrected chi connectivity index (χ1v) is 14.3. The molecule has 1 amide bonds. The molecule has 5 aromatic rings. The van der Waals surface area contributed by atoms with Crippen LogP contribution in [0.15, 0.2) is 66.0 Å². The van der Waals surface area contributed by atoms with Crippen molar-refractivity contribution in [3.05, 3.63) is 93.6 Å². The van der Waals surface area contributed by atoms with E-state index in [0.29, 0.717) is 23.0 Å². The van der Waals surface area contributed by atoms with Gasteiger partial charge in [-0.1, -0.05) is 23.7 Å². The van der Waals surface area contributed by atoms with Gasteiger partial charge in [-0.25, -0.2) is 18.4 Å². The van der Waals surface area contributed by atoms with Crippen LogP contribution in [-0.2, 0) is 18.0 Å². The number of carbonyl (C=O) groups excluding carboxylic acids is 1. The van der Waals surface area contributed by atoms with E-state index in [0.717, 1.165) is 10.7 Å². The summed E-state index contributed by atoms with van der Waals surface area (Å²) in [5.41, 5.74) is -0.0943. The maximum absolute atomic E-state index is 15.4.